The van der Waals surface area contributed by atoms with Crippen LogP contribution < -0.4 is 16.0 Å². The van der Waals surface area contributed by atoms with Gasteiger partial charge in [-0.15, -0.1) is 0 Å². The maximum atomic E-state index is 5.96. The smallest absolute Gasteiger partial charge is 0.139 e. The van der Waals surface area contributed by atoms with Gasteiger partial charge in [0.15, 0.2) is 0 Å². The van der Waals surface area contributed by atoms with Crippen LogP contribution in [0, 0.1) is 0 Å². The molecule has 0 aliphatic carbocycles. The number of anilines is 1. The molecule has 0 bridgehead atoms. The third-order valence-electron chi connectivity index (χ3n) is 7.13. The van der Waals surface area contributed by atoms with Crippen LogP contribution in [0.3, 0.4) is 0 Å². The van der Waals surface area contributed by atoms with Crippen LogP contribution in [-0.2, 0) is 11.2 Å². The number of methoxy groups -OCH3 is 1. The van der Waals surface area contributed by atoms with Crippen molar-refractivity contribution >= 4 is 27.6 Å². The molecule has 1 fully saturated rings. The molecule has 4 aromatic rings. The highest BCUT2D eigenvalue weighted by molar-refractivity contribution is 5.92. The second-order valence-electron chi connectivity index (χ2n) is 9.77. The van der Waals surface area contributed by atoms with Crippen molar-refractivity contribution in [3.8, 4) is 5.82 Å². The first kappa shape index (κ1) is 24.3. The molecule has 3 N–H and O–H groups in total. The van der Waals surface area contributed by atoms with E-state index in [2.05, 4.69) is 74.9 Å². The number of aryl methyl sites for hydroxylation is 1. The summed E-state index contributed by atoms with van der Waals surface area (Å²) in [6, 6.07) is 17.6. The molecule has 188 valence electrons. The van der Waals surface area contributed by atoms with Gasteiger partial charge in [-0.3, -0.25) is 4.57 Å². The van der Waals surface area contributed by atoms with Crippen molar-refractivity contribution in [2.45, 2.75) is 44.7 Å². The lowest BCUT2D eigenvalue weighted by Gasteiger charge is -2.35. The molecular weight excluding hydrogens is 448 g/mol. The highest BCUT2D eigenvalue weighted by atomic mass is 16.5. The summed E-state index contributed by atoms with van der Waals surface area (Å²) in [5.74, 6) is 0.884. The first-order valence-electron chi connectivity index (χ1n) is 12.8. The number of nitrogens with one attached hydrogen (secondary N) is 1. The van der Waals surface area contributed by atoms with Crippen molar-refractivity contribution in [1.29, 1.82) is 0 Å². The van der Waals surface area contributed by atoms with Gasteiger partial charge in [0, 0.05) is 50.0 Å². The highest BCUT2D eigenvalue weighted by Crippen LogP contribution is 2.29. The summed E-state index contributed by atoms with van der Waals surface area (Å²) in [6.07, 6.45) is 5.95. The monoisotopic (exact) mass is 484 g/mol. The van der Waals surface area contributed by atoms with Crippen molar-refractivity contribution in [3.63, 3.8) is 0 Å². The quantitative estimate of drug-likeness (QED) is 0.339. The van der Waals surface area contributed by atoms with Crippen LogP contribution in [0.25, 0.3) is 27.8 Å². The van der Waals surface area contributed by atoms with Crippen molar-refractivity contribution in [2.75, 3.05) is 31.7 Å². The molecule has 0 saturated carbocycles. The van der Waals surface area contributed by atoms with Crippen molar-refractivity contribution in [2.24, 2.45) is 5.73 Å². The number of ether oxygens (including phenoxy) is 1. The van der Waals surface area contributed by atoms with Crippen LogP contribution in [0.4, 0.5) is 5.69 Å². The molecule has 2 aromatic carbocycles. The number of pyridine rings is 1. The Morgan fingerprint density at radius 2 is 2.03 bits per heavy atom. The van der Waals surface area contributed by atoms with E-state index in [-0.39, 0.29) is 6.04 Å². The lowest BCUT2D eigenvalue weighted by atomic mass is 10.0. The highest BCUT2D eigenvalue weighted by Gasteiger charge is 2.22. The van der Waals surface area contributed by atoms with Crippen LogP contribution in [-0.4, -0.2) is 53.4 Å². The zero-order chi connectivity index (χ0) is 25.1. The average Bonchev–Trinajstić information content (AvgIpc) is 3.32. The predicted molar refractivity (Wildman–Crippen MR) is 148 cm³/mol. The molecule has 5 rings (SSSR count). The number of nitrogens with zero attached hydrogens (tertiary/aromatic N) is 4. The topological polar surface area (TPSA) is 81.2 Å². The maximum absolute atomic E-state index is 5.96. The first-order chi connectivity index (χ1) is 17.5. The number of benzene rings is 2. The minimum atomic E-state index is -0.0368. The van der Waals surface area contributed by atoms with Crippen LogP contribution in [0.2, 0.25) is 0 Å². The summed E-state index contributed by atoms with van der Waals surface area (Å²) in [5, 5.41) is 4.66. The average molecular weight is 485 g/mol. The van der Waals surface area contributed by atoms with Crippen LogP contribution in [0.5, 0.6) is 0 Å². The van der Waals surface area contributed by atoms with Crippen molar-refractivity contribution in [1.82, 2.24) is 19.9 Å². The Morgan fingerprint density at radius 1 is 1.19 bits per heavy atom. The number of hydrogen-bond donors (Lipinski definition) is 2. The Bertz CT molecular complexity index is 1350. The summed E-state index contributed by atoms with van der Waals surface area (Å²) in [6.45, 7) is 8.74. The molecule has 3 heterocycles. The van der Waals surface area contributed by atoms with Gasteiger partial charge in [-0.25, -0.2) is 9.97 Å². The zero-order valence-electron chi connectivity index (χ0n) is 21.3. The van der Waals surface area contributed by atoms with Crippen molar-refractivity contribution < 1.29 is 4.74 Å². The molecule has 1 aliphatic rings. The van der Waals surface area contributed by atoms with Gasteiger partial charge in [0.25, 0.3) is 0 Å². The molecule has 1 saturated heterocycles. The fourth-order valence-corrected chi connectivity index (χ4v) is 4.99. The van der Waals surface area contributed by atoms with Gasteiger partial charge in [0.05, 0.1) is 22.2 Å². The van der Waals surface area contributed by atoms with E-state index in [0.717, 1.165) is 78.8 Å². The first-order valence-corrected chi connectivity index (χ1v) is 12.8. The largest absolute Gasteiger partial charge is 0.385 e. The number of para-hydroxylation sites is 1. The molecule has 1 unspecified atom stereocenters. The van der Waals surface area contributed by atoms with E-state index < -0.39 is 0 Å². The summed E-state index contributed by atoms with van der Waals surface area (Å²) in [7, 11) is 1.74. The third-order valence-corrected chi connectivity index (χ3v) is 7.13. The number of nitrogens with two attached hydrogens (primary N) is 1. The standard InChI is InChI=1S/C29H36N6O/c1-20(30)21(2)32-24-13-15-34(16-14-24)27-8-4-7-23-10-12-28(33-29(23)27)35-19-31-25-18-22(6-5-17-36-3)9-11-26(25)35/h4,7-12,18-20,24,32H,2,5-6,13-17,30H2,1,3H3. The summed E-state index contributed by atoms with van der Waals surface area (Å²) < 4.78 is 7.27. The molecule has 36 heavy (non-hydrogen) atoms. The Hall–Kier alpha value is -3.42. The van der Waals surface area contributed by atoms with Gasteiger partial charge >= 0.3 is 0 Å². The number of imidazole rings is 1. The lowest BCUT2D eigenvalue weighted by molar-refractivity contribution is 0.195. The second kappa shape index (κ2) is 10.7. The summed E-state index contributed by atoms with van der Waals surface area (Å²) >= 11 is 0. The second-order valence-corrected chi connectivity index (χ2v) is 9.77. The van der Waals surface area contributed by atoms with Gasteiger partial charge in [0.2, 0.25) is 0 Å². The molecule has 1 atom stereocenters. The van der Waals surface area contributed by atoms with E-state index in [1.165, 1.54) is 11.3 Å². The van der Waals surface area contributed by atoms with E-state index >= 15 is 0 Å². The van der Waals surface area contributed by atoms with Crippen molar-refractivity contribution in [3.05, 3.63) is 72.7 Å². The van der Waals surface area contributed by atoms with E-state index in [1.54, 1.807) is 7.11 Å². The number of aromatic nitrogens is 3. The number of fused-ring (bicyclic) bond motifs is 2. The minimum Gasteiger partial charge on any atom is -0.385 e. The summed E-state index contributed by atoms with van der Waals surface area (Å²) in [4.78, 5) is 12.3. The molecule has 0 spiro atoms. The molecular formula is C29H36N6O. The third kappa shape index (κ3) is 5.08. The predicted octanol–water partition coefficient (Wildman–Crippen LogP) is 4.57. The molecule has 7 heteroatoms. The van der Waals surface area contributed by atoms with Gasteiger partial charge in [0.1, 0.15) is 12.1 Å². The SMILES string of the molecule is C=C(NC1CCN(c2cccc3ccc(-n4cnc5cc(CCCOC)ccc54)nc23)CC1)C(C)N. The van der Waals surface area contributed by atoms with E-state index in [1.807, 2.05) is 13.3 Å². The van der Waals surface area contributed by atoms with E-state index in [4.69, 9.17) is 15.5 Å². The molecule has 0 amide bonds. The zero-order valence-corrected chi connectivity index (χ0v) is 21.3. The molecule has 7 nitrogen and oxygen atoms in total. The van der Waals surface area contributed by atoms with Crippen LogP contribution in [0.15, 0.2) is 67.1 Å². The number of rotatable bonds is 9. The van der Waals surface area contributed by atoms with Gasteiger partial charge in [-0.05, 0) is 68.5 Å². The molecule has 2 aromatic heterocycles. The molecule has 1 aliphatic heterocycles. The van der Waals surface area contributed by atoms with Gasteiger partial charge in [-0.1, -0.05) is 24.8 Å². The fourth-order valence-electron chi connectivity index (χ4n) is 4.99. The molecule has 0 radical (unpaired) electrons. The fraction of sp³-hybridized carbons (Fsp3) is 0.379. The minimum absolute atomic E-state index is 0.0368. The Morgan fingerprint density at radius 3 is 2.81 bits per heavy atom. The summed E-state index contributed by atoms with van der Waals surface area (Å²) in [5.41, 5.74) is 12.4. The Balaban J connectivity index is 1.39. The van der Waals surface area contributed by atoms with Gasteiger partial charge < -0.3 is 20.7 Å². The number of hydrogen-bond acceptors (Lipinski definition) is 6. The Kier molecular flexibility index (Phi) is 7.20. The van der Waals surface area contributed by atoms with E-state index in [9.17, 15) is 0 Å². The van der Waals surface area contributed by atoms with Crippen LogP contribution in [0.1, 0.15) is 31.7 Å². The maximum Gasteiger partial charge on any atom is 0.139 e. The van der Waals surface area contributed by atoms with Crippen LogP contribution >= 0.6 is 0 Å². The van der Waals surface area contributed by atoms with E-state index in [0.29, 0.717) is 6.04 Å². The Labute approximate surface area is 213 Å². The van der Waals surface area contributed by atoms with Gasteiger partial charge in [-0.2, -0.15) is 0 Å². The number of piperidine rings is 1. The normalized spacial score (nSPS) is 15.5. The lowest BCUT2D eigenvalue weighted by Crippen LogP contribution is -2.44.